The van der Waals surface area contributed by atoms with Crippen LogP contribution < -0.4 is 5.32 Å². The van der Waals surface area contributed by atoms with E-state index in [-0.39, 0.29) is 17.0 Å². The summed E-state index contributed by atoms with van der Waals surface area (Å²) in [5.74, 6) is -0.860. The highest BCUT2D eigenvalue weighted by Crippen LogP contribution is 2.41. The van der Waals surface area contributed by atoms with Gasteiger partial charge in [0.15, 0.2) is 5.65 Å². The zero-order chi connectivity index (χ0) is 20.9. The number of carboxylic acids is 1. The first kappa shape index (κ1) is 19.1. The van der Waals surface area contributed by atoms with Crippen molar-refractivity contribution < 1.29 is 14.7 Å². The predicted octanol–water partition coefficient (Wildman–Crippen LogP) is 4.32. The van der Waals surface area contributed by atoms with E-state index < -0.39 is 5.97 Å². The first-order chi connectivity index (χ1) is 13.6. The van der Waals surface area contributed by atoms with Crippen LogP contribution in [-0.2, 0) is 5.54 Å². The second-order valence-corrected chi connectivity index (χ2v) is 8.57. The van der Waals surface area contributed by atoms with Crippen LogP contribution in [0.25, 0.3) is 11.0 Å². The number of nitrogens with zero attached hydrogens (tertiary/aromatic N) is 3. The summed E-state index contributed by atoms with van der Waals surface area (Å²) >= 11 is 0. The fraction of sp³-hybridized carbons (Fsp3) is 0.364. The Balaban J connectivity index is 1.78. The Morgan fingerprint density at radius 3 is 2.38 bits per heavy atom. The molecule has 0 atom stereocenters. The largest absolute Gasteiger partial charge is 0.478 e. The van der Waals surface area contributed by atoms with Crippen molar-refractivity contribution in [2.75, 3.05) is 5.32 Å². The van der Waals surface area contributed by atoms with E-state index in [2.05, 4.69) is 31.2 Å². The second kappa shape index (κ2) is 6.69. The molecular formula is C22H24N4O3. The lowest BCUT2D eigenvalue weighted by Crippen LogP contribution is -2.23. The highest BCUT2D eigenvalue weighted by atomic mass is 16.4. The highest BCUT2D eigenvalue weighted by Gasteiger charge is 2.30. The van der Waals surface area contributed by atoms with Gasteiger partial charge < -0.3 is 10.4 Å². The van der Waals surface area contributed by atoms with Crippen molar-refractivity contribution in [1.82, 2.24) is 14.8 Å². The van der Waals surface area contributed by atoms with Gasteiger partial charge in [0, 0.05) is 17.3 Å². The molecule has 4 rings (SSSR count). The minimum atomic E-state index is -1.00. The number of carbonyl (C=O) groups excluding carboxylic acids is 1. The molecule has 150 valence electrons. The van der Waals surface area contributed by atoms with Gasteiger partial charge in [-0.3, -0.25) is 4.79 Å². The standard InChI is InChI=1S/C22H24N4O3/c1-12-18-16(20(27)23-15-9-7-14(8-10-15)21(28)29)11-17(13-5-6-13)24-19(18)26(25-12)22(2,3)4/h7-11,13H,5-6H2,1-4H3,(H,23,27)(H,28,29). The lowest BCUT2D eigenvalue weighted by molar-refractivity contribution is 0.0696. The normalized spacial score (nSPS) is 14.2. The van der Waals surface area contributed by atoms with E-state index in [1.165, 1.54) is 12.1 Å². The molecule has 29 heavy (non-hydrogen) atoms. The number of carbonyl (C=O) groups is 2. The van der Waals surface area contributed by atoms with Gasteiger partial charge in [-0.1, -0.05) is 0 Å². The Morgan fingerprint density at radius 2 is 1.83 bits per heavy atom. The molecule has 7 heteroatoms. The summed E-state index contributed by atoms with van der Waals surface area (Å²) < 4.78 is 1.89. The van der Waals surface area contributed by atoms with E-state index in [4.69, 9.17) is 10.1 Å². The smallest absolute Gasteiger partial charge is 0.335 e. The molecule has 1 aliphatic rings. The molecule has 2 N–H and O–H groups in total. The molecule has 0 bridgehead atoms. The summed E-state index contributed by atoms with van der Waals surface area (Å²) in [6.07, 6.45) is 2.16. The molecule has 1 saturated carbocycles. The van der Waals surface area contributed by atoms with E-state index in [0.29, 0.717) is 17.2 Å². The third-order valence-corrected chi connectivity index (χ3v) is 5.10. The maximum absolute atomic E-state index is 13.2. The molecule has 0 aliphatic heterocycles. The molecule has 2 heterocycles. The van der Waals surface area contributed by atoms with Crippen molar-refractivity contribution in [3.8, 4) is 0 Å². The number of amides is 1. The molecule has 2 aromatic heterocycles. The maximum atomic E-state index is 13.2. The summed E-state index contributed by atoms with van der Waals surface area (Å²) in [5.41, 5.74) is 3.41. The number of benzene rings is 1. The number of nitrogens with one attached hydrogen (secondary N) is 1. The van der Waals surface area contributed by atoms with Crippen LogP contribution in [0.15, 0.2) is 30.3 Å². The van der Waals surface area contributed by atoms with Gasteiger partial charge in [0.2, 0.25) is 0 Å². The van der Waals surface area contributed by atoms with Crippen LogP contribution in [0, 0.1) is 6.92 Å². The molecule has 0 spiro atoms. The first-order valence-corrected chi connectivity index (χ1v) is 9.70. The van der Waals surface area contributed by atoms with Gasteiger partial charge in [-0.2, -0.15) is 5.10 Å². The number of pyridine rings is 1. The van der Waals surface area contributed by atoms with Crippen molar-refractivity contribution >= 4 is 28.6 Å². The first-order valence-electron chi connectivity index (χ1n) is 9.70. The number of hydrogen-bond acceptors (Lipinski definition) is 4. The van der Waals surface area contributed by atoms with Crippen molar-refractivity contribution in [2.24, 2.45) is 0 Å². The monoisotopic (exact) mass is 392 g/mol. The van der Waals surface area contributed by atoms with Crippen LogP contribution in [0.3, 0.4) is 0 Å². The lowest BCUT2D eigenvalue weighted by Gasteiger charge is -2.20. The van der Waals surface area contributed by atoms with Crippen molar-refractivity contribution in [2.45, 2.75) is 52.0 Å². The fourth-order valence-corrected chi connectivity index (χ4v) is 3.44. The molecule has 1 aromatic carbocycles. The number of fused-ring (bicyclic) bond motifs is 1. The number of aromatic carboxylic acids is 1. The quantitative estimate of drug-likeness (QED) is 0.689. The molecule has 1 amide bonds. The number of aryl methyl sites for hydroxylation is 1. The van der Waals surface area contributed by atoms with Crippen LogP contribution in [-0.4, -0.2) is 31.7 Å². The number of anilines is 1. The zero-order valence-electron chi connectivity index (χ0n) is 17.0. The number of rotatable bonds is 4. The molecule has 0 unspecified atom stereocenters. The summed E-state index contributed by atoms with van der Waals surface area (Å²) in [6, 6.07) is 8.00. The average Bonchev–Trinajstić information content (AvgIpc) is 3.44. The van der Waals surface area contributed by atoms with E-state index in [1.807, 2.05) is 17.7 Å². The molecular weight excluding hydrogens is 368 g/mol. The van der Waals surface area contributed by atoms with E-state index >= 15 is 0 Å². The number of aromatic nitrogens is 3. The van der Waals surface area contributed by atoms with Gasteiger partial charge in [-0.25, -0.2) is 14.5 Å². The topological polar surface area (TPSA) is 97.1 Å². The lowest BCUT2D eigenvalue weighted by atomic mass is 10.1. The van der Waals surface area contributed by atoms with Crippen LogP contribution >= 0.6 is 0 Å². The predicted molar refractivity (Wildman–Crippen MR) is 111 cm³/mol. The Kier molecular flexibility index (Phi) is 4.41. The van der Waals surface area contributed by atoms with Gasteiger partial charge in [0.1, 0.15) is 0 Å². The molecule has 7 nitrogen and oxygen atoms in total. The summed E-state index contributed by atoms with van der Waals surface area (Å²) in [6.45, 7) is 8.08. The van der Waals surface area contributed by atoms with Gasteiger partial charge in [0.05, 0.1) is 27.7 Å². The number of hydrogen-bond donors (Lipinski definition) is 2. The molecule has 1 fully saturated rings. The summed E-state index contributed by atoms with van der Waals surface area (Å²) in [7, 11) is 0. The Bertz CT molecular complexity index is 1120. The molecule has 1 aliphatic carbocycles. The Morgan fingerprint density at radius 1 is 1.17 bits per heavy atom. The van der Waals surface area contributed by atoms with Crippen molar-refractivity contribution in [3.63, 3.8) is 0 Å². The van der Waals surface area contributed by atoms with E-state index in [1.54, 1.807) is 12.1 Å². The van der Waals surface area contributed by atoms with Crippen molar-refractivity contribution in [1.29, 1.82) is 0 Å². The molecule has 0 radical (unpaired) electrons. The summed E-state index contributed by atoms with van der Waals surface area (Å²) in [5, 5.41) is 17.3. The third kappa shape index (κ3) is 3.60. The molecule has 0 saturated heterocycles. The SMILES string of the molecule is Cc1nn(C(C)(C)C)c2nc(C3CC3)cc(C(=O)Nc3ccc(C(=O)O)cc3)c12. The minimum absolute atomic E-state index is 0.174. The fourth-order valence-electron chi connectivity index (χ4n) is 3.44. The Labute approximate surface area is 168 Å². The van der Waals surface area contributed by atoms with Gasteiger partial charge in [-0.15, -0.1) is 0 Å². The van der Waals surface area contributed by atoms with E-state index in [9.17, 15) is 9.59 Å². The summed E-state index contributed by atoms with van der Waals surface area (Å²) in [4.78, 5) is 29.0. The van der Waals surface area contributed by atoms with Gasteiger partial charge in [-0.05, 0) is 70.9 Å². The zero-order valence-corrected chi connectivity index (χ0v) is 17.0. The van der Waals surface area contributed by atoms with Crippen molar-refractivity contribution in [3.05, 3.63) is 52.8 Å². The number of carboxylic acid groups (broad SMARTS) is 1. The third-order valence-electron chi connectivity index (χ3n) is 5.10. The van der Waals surface area contributed by atoms with Gasteiger partial charge >= 0.3 is 5.97 Å². The Hall–Kier alpha value is -3.22. The average molecular weight is 392 g/mol. The second-order valence-electron chi connectivity index (χ2n) is 8.57. The van der Waals surface area contributed by atoms with Crippen LogP contribution in [0.5, 0.6) is 0 Å². The highest BCUT2D eigenvalue weighted by molar-refractivity contribution is 6.12. The minimum Gasteiger partial charge on any atom is -0.478 e. The van der Waals surface area contributed by atoms with E-state index in [0.717, 1.165) is 35.3 Å². The maximum Gasteiger partial charge on any atom is 0.335 e. The van der Waals surface area contributed by atoms with Crippen LogP contribution in [0.4, 0.5) is 5.69 Å². The molecule has 3 aromatic rings. The van der Waals surface area contributed by atoms with Crippen LogP contribution in [0.1, 0.15) is 71.6 Å². The van der Waals surface area contributed by atoms with Gasteiger partial charge in [0.25, 0.3) is 5.91 Å². The van der Waals surface area contributed by atoms with Crippen LogP contribution in [0.2, 0.25) is 0 Å².